The van der Waals surface area contributed by atoms with E-state index in [1.807, 2.05) is 0 Å². The fraction of sp³-hybridized carbons (Fsp3) is 0.571. The smallest absolute Gasteiger partial charge is 0.310 e. The maximum atomic E-state index is 13.3. The van der Waals surface area contributed by atoms with Gasteiger partial charge in [0.15, 0.2) is 11.2 Å². The summed E-state index contributed by atoms with van der Waals surface area (Å²) in [6.45, 7) is 1.59. The summed E-state index contributed by atoms with van der Waals surface area (Å²) < 4.78 is 29.0. The van der Waals surface area contributed by atoms with E-state index in [1.165, 1.54) is 11.6 Å². The molecule has 0 aromatic carbocycles. The summed E-state index contributed by atoms with van der Waals surface area (Å²) in [6.07, 6.45) is -0.604. The molecule has 1 aliphatic rings. The van der Waals surface area contributed by atoms with E-state index in [0.29, 0.717) is 5.82 Å². The van der Waals surface area contributed by atoms with Gasteiger partial charge in [0.05, 0.1) is 0 Å². The van der Waals surface area contributed by atoms with E-state index in [2.05, 4.69) is 9.97 Å². The Labute approximate surface area is 128 Å². The average Bonchev–Trinajstić information content (AvgIpc) is 2.49. The largest absolute Gasteiger partial charge is 0.318 e. The Morgan fingerprint density at radius 2 is 1.78 bits per heavy atom. The number of fused-ring (bicyclic) bond motifs is 1. The van der Waals surface area contributed by atoms with Crippen molar-refractivity contribution in [3.05, 3.63) is 36.9 Å². The van der Waals surface area contributed by atoms with E-state index in [1.54, 1.807) is 6.92 Å². The molecule has 2 heterocycles. The van der Waals surface area contributed by atoms with Crippen molar-refractivity contribution in [3.8, 4) is 0 Å². The molecule has 0 spiro atoms. The van der Waals surface area contributed by atoms with Crippen molar-refractivity contribution in [3.63, 3.8) is 0 Å². The van der Waals surface area contributed by atoms with E-state index in [9.17, 15) is 23.2 Å². The van der Waals surface area contributed by atoms with Crippen molar-refractivity contribution in [1.29, 1.82) is 0 Å². The summed E-state index contributed by atoms with van der Waals surface area (Å²) >= 11 is 0. The van der Waals surface area contributed by atoms with Crippen LogP contribution in [0.5, 0.6) is 0 Å². The van der Waals surface area contributed by atoms with Crippen LogP contribution in [0.4, 0.5) is 8.78 Å². The van der Waals surface area contributed by atoms with Gasteiger partial charge in [-0.15, -0.1) is 0 Å². The zero-order valence-electron chi connectivity index (χ0n) is 12.7. The van der Waals surface area contributed by atoms with Crippen LogP contribution in [-0.2, 0) is 7.05 Å². The van der Waals surface area contributed by atoms with Gasteiger partial charge in [-0.3, -0.25) is 23.5 Å². The molecule has 7 nitrogen and oxygen atoms in total. The Kier molecular flexibility index (Phi) is 3.46. The van der Waals surface area contributed by atoms with Crippen LogP contribution in [0.1, 0.15) is 37.5 Å². The van der Waals surface area contributed by atoms with Crippen LogP contribution in [0.25, 0.3) is 11.2 Å². The van der Waals surface area contributed by atoms with E-state index in [0.717, 1.165) is 4.57 Å². The van der Waals surface area contributed by atoms with Gasteiger partial charge in [0.25, 0.3) is 5.56 Å². The predicted molar refractivity (Wildman–Crippen MR) is 79.1 cm³/mol. The number of H-pyrrole nitrogens is 1. The van der Waals surface area contributed by atoms with Crippen molar-refractivity contribution < 1.29 is 8.78 Å². The number of aromatic amines is 1. The Hall–Kier alpha value is -2.32. The highest BCUT2D eigenvalue weighted by atomic mass is 19.3. The molecular weight excluding hydrogens is 310 g/mol. The summed E-state index contributed by atoms with van der Waals surface area (Å²) in [5.74, 6) is -2.39. The van der Waals surface area contributed by atoms with Crippen molar-refractivity contribution in [2.45, 2.75) is 44.6 Å². The molecule has 23 heavy (non-hydrogen) atoms. The molecule has 0 radical (unpaired) electrons. The van der Waals surface area contributed by atoms with Gasteiger partial charge in [0.2, 0.25) is 5.92 Å². The van der Waals surface area contributed by atoms with Gasteiger partial charge in [-0.05, 0) is 19.8 Å². The first-order chi connectivity index (χ1) is 10.7. The number of halogens is 2. The Morgan fingerprint density at radius 1 is 1.17 bits per heavy atom. The number of hydrogen-bond acceptors (Lipinski definition) is 4. The molecule has 1 aliphatic carbocycles. The van der Waals surface area contributed by atoms with E-state index in [-0.39, 0.29) is 36.8 Å². The fourth-order valence-corrected chi connectivity index (χ4v) is 2.97. The molecular formula is C14H16F2N4O3. The number of aromatic nitrogens is 4. The first kappa shape index (κ1) is 15.6. The molecule has 0 aliphatic heterocycles. The summed E-state index contributed by atoms with van der Waals surface area (Å²) in [5, 5.41) is 0. The Bertz CT molecular complexity index is 947. The van der Waals surface area contributed by atoms with Crippen molar-refractivity contribution in [1.82, 2.24) is 19.1 Å². The minimum absolute atomic E-state index is 0.0467. The van der Waals surface area contributed by atoms with Gasteiger partial charge in [-0.1, -0.05) is 0 Å². The third-order valence-electron chi connectivity index (χ3n) is 4.43. The lowest BCUT2D eigenvalue weighted by molar-refractivity contribution is -0.0439. The minimum atomic E-state index is -2.75. The van der Waals surface area contributed by atoms with Gasteiger partial charge in [-0.25, -0.2) is 13.8 Å². The Morgan fingerprint density at radius 3 is 2.39 bits per heavy atom. The van der Waals surface area contributed by atoms with Gasteiger partial charge in [0, 0.05) is 25.9 Å². The molecule has 0 unspecified atom stereocenters. The maximum Gasteiger partial charge on any atom is 0.318 e. The minimum Gasteiger partial charge on any atom is -0.310 e. The topological polar surface area (TPSA) is 89.8 Å². The highest BCUT2D eigenvalue weighted by Gasteiger charge is 2.36. The zero-order valence-corrected chi connectivity index (χ0v) is 12.7. The molecule has 124 valence electrons. The lowest BCUT2D eigenvalue weighted by Crippen LogP contribution is -2.42. The summed E-state index contributed by atoms with van der Waals surface area (Å²) in [7, 11) is 1.50. The third-order valence-corrected chi connectivity index (χ3v) is 4.43. The average molecular weight is 326 g/mol. The van der Waals surface area contributed by atoms with Crippen LogP contribution in [0.2, 0.25) is 0 Å². The second-order valence-corrected chi connectivity index (χ2v) is 5.94. The zero-order chi connectivity index (χ0) is 16.9. The first-order valence-corrected chi connectivity index (χ1v) is 7.31. The monoisotopic (exact) mass is 326 g/mol. The van der Waals surface area contributed by atoms with Crippen LogP contribution in [0.3, 0.4) is 0 Å². The number of nitrogens with zero attached hydrogens (tertiary/aromatic N) is 3. The second kappa shape index (κ2) is 5.10. The van der Waals surface area contributed by atoms with Crippen molar-refractivity contribution in [2.75, 3.05) is 0 Å². The van der Waals surface area contributed by atoms with Crippen LogP contribution < -0.4 is 16.7 Å². The molecule has 9 heteroatoms. The van der Waals surface area contributed by atoms with Gasteiger partial charge < -0.3 is 4.98 Å². The van der Waals surface area contributed by atoms with Crippen LogP contribution in [-0.4, -0.2) is 25.0 Å². The van der Waals surface area contributed by atoms with E-state index < -0.39 is 28.6 Å². The summed E-state index contributed by atoms with van der Waals surface area (Å²) in [5.41, 5.74) is -2.34. The van der Waals surface area contributed by atoms with Gasteiger partial charge >= 0.3 is 11.1 Å². The fourth-order valence-electron chi connectivity index (χ4n) is 2.97. The normalized spacial score (nSPS) is 18.4. The molecule has 0 amide bonds. The summed E-state index contributed by atoms with van der Waals surface area (Å²) in [6, 6.07) is -0.564. The van der Waals surface area contributed by atoms with Crippen molar-refractivity contribution >= 4 is 11.2 Å². The van der Waals surface area contributed by atoms with Crippen molar-refractivity contribution in [2.24, 2.45) is 7.05 Å². The molecule has 1 saturated carbocycles. The quantitative estimate of drug-likeness (QED) is 0.787. The first-order valence-electron chi connectivity index (χ1n) is 7.31. The molecule has 2 aromatic rings. The van der Waals surface area contributed by atoms with Crippen LogP contribution in [0, 0.1) is 6.92 Å². The molecule has 1 fully saturated rings. The number of hydrogen-bond donors (Lipinski definition) is 1. The molecule has 2 aromatic heterocycles. The lowest BCUT2D eigenvalue weighted by atomic mass is 9.92. The number of alkyl halides is 2. The molecule has 0 saturated heterocycles. The molecule has 3 rings (SSSR count). The lowest BCUT2D eigenvalue weighted by Gasteiger charge is -2.29. The number of aryl methyl sites for hydroxylation is 1. The second-order valence-electron chi connectivity index (χ2n) is 5.94. The third kappa shape index (κ3) is 2.49. The number of nitrogens with one attached hydrogen (secondary N) is 1. The molecule has 1 N–H and O–H groups in total. The predicted octanol–water partition coefficient (Wildman–Crippen LogP) is 0.842. The molecule has 0 atom stereocenters. The van der Waals surface area contributed by atoms with Crippen LogP contribution in [0.15, 0.2) is 14.4 Å². The standard InChI is InChI=1S/C14H16F2N4O3/c1-7-17-10-9(12(22)19(7)2)18-11(21)13(23)20(10)8-3-5-14(15,16)6-4-8/h8H,3-6H2,1-2H3,(H,18,21). The SMILES string of the molecule is Cc1nc2c([nH]c(=O)c(=O)n2C2CCC(F)(F)CC2)c(=O)n1C. The maximum absolute atomic E-state index is 13.3. The van der Waals surface area contributed by atoms with E-state index in [4.69, 9.17) is 0 Å². The number of rotatable bonds is 1. The van der Waals surface area contributed by atoms with E-state index >= 15 is 0 Å². The highest BCUT2D eigenvalue weighted by Crippen LogP contribution is 2.38. The molecule has 0 bridgehead atoms. The van der Waals surface area contributed by atoms with Crippen LogP contribution >= 0.6 is 0 Å². The Balaban J connectivity index is 2.28. The van der Waals surface area contributed by atoms with Gasteiger partial charge in [0.1, 0.15) is 5.82 Å². The summed E-state index contributed by atoms with van der Waals surface area (Å²) in [4.78, 5) is 42.8. The highest BCUT2D eigenvalue weighted by molar-refractivity contribution is 5.68. The van der Waals surface area contributed by atoms with Gasteiger partial charge in [-0.2, -0.15) is 0 Å².